The summed E-state index contributed by atoms with van der Waals surface area (Å²) >= 11 is 0. The highest BCUT2D eigenvalue weighted by Crippen LogP contribution is 2.08. The van der Waals surface area contributed by atoms with Crippen molar-refractivity contribution in [1.29, 1.82) is 0 Å². The average Bonchev–Trinajstić information content (AvgIpc) is 2.52. The smallest absolute Gasteiger partial charge is 0.225 e. The number of hydrogen-bond donors (Lipinski definition) is 2. The van der Waals surface area contributed by atoms with Crippen molar-refractivity contribution in [2.24, 2.45) is 5.92 Å². The Balaban J connectivity index is 2.20. The van der Waals surface area contributed by atoms with E-state index in [2.05, 4.69) is 17.6 Å². The van der Waals surface area contributed by atoms with Gasteiger partial charge in [-0.1, -0.05) is 13.3 Å². The Morgan fingerprint density at radius 3 is 3.00 bits per heavy atom. The van der Waals surface area contributed by atoms with E-state index >= 15 is 0 Å². The van der Waals surface area contributed by atoms with Gasteiger partial charge in [-0.2, -0.15) is 0 Å². The molecule has 0 bridgehead atoms. The molecule has 4 heteroatoms. The van der Waals surface area contributed by atoms with Gasteiger partial charge < -0.3 is 10.6 Å². The van der Waals surface area contributed by atoms with Crippen molar-refractivity contribution in [3.8, 4) is 0 Å². The Labute approximate surface area is 78.1 Å². The van der Waals surface area contributed by atoms with Crippen LogP contribution >= 0.6 is 0 Å². The molecule has 4 nitrogen and oxygen atoms in total. The molecule has 2 amide bonds. The lowest BCUT2D eigenvalue weighted by Crippen LogP contribution is -2.32. The minimum absolute atomic E-state index is 0.00630. The molecule has 1 unspecified atom stereocenters. The van der Waals surface area contributed by atoms with Gasteiger partial charge in [-0.15, -0.1) is 0 Å². The molecule has 1 saturated heterocycles. The average molecular weight is 184 g/mol. The number of unbranched alkanes of at least 4 members (excludes halogenated alkanes) is 1. The van der Waals surface area contributed by atoms with E-state index in [1.54, 1.807) is 0 Å². The molecule has 0 aromatic carbocycles. The number of carbonyl (C=O) groups is 2. The van der Waals surface area contributed by atoms with Gasteiger partial charge in [0, 0.05) is 19.5 Å². The minimum atomic E-state index is -0.149. The molecule has 0 saturated carbocycles. The molecule has 1 rings (SSSR count). The van der Waals surface area contributed by atoms with Crippen LogP contribution in [0.4, 0.5) is 0 Å². The summed E-state index contributed by atoms with van der Waals surface area (Å²) in [4.78, 5) is 22.2. The summed E-state index contributed by atoms with van der Waals surface area (Å²) in [6, 6.07) is 0. The second-order valence-electron chi connectivity index (χ2n) is 3.35. The summed E-state index contributed by atoms with van der Waals surface area (Å²) in [7, 11) is 0. The molecule has 2 N–H and O–H groups in total. The van der Waals surface area contributed by atoms with E-state index in [1.165, 1.54) is 0 Å². The van der Waals surface area contributed by atoms with Crippen LogP contribution in [0.1, 0.15) is 26.2 Å². The molecule has 0 spiro atoms. The molecular formula is C9H16N2O2. The van der Waals surface area contributed by atoms with Crippen molar-refractivity contribution in [2.75, 3.05) is 13.1 Å². The highest BCUT2D eigenvalue weighted by Gasteiger charge is 2.27. The van der Waals surface area contributed by atoms with E-state index in [0.717, 1.165) is 19.4 Å². The van der Waals surface area contributed by atoms with Crippen molar-refractivity contribution >= 4 is 11.8 Å². The summed E-state index contributed by atoms with van der Waals surface area (Å²) < 4.78 is 0. The Morgan fingerprint density at radius 2 is 2.46 bits per heavy atom. The number of rotatable bonds is 4. The highest BCUT2D eigenvalue weighted by molar-refractivity contribution is 5.89. The molecule has 0 aliphatic carbocycles. The first-order chi connectivity index (χ1) is 6.24. The van der Waals surface area contributed by atoms with Crippen molar-refractivity contribution < 1.29 is 9.59 Å². The van der Waals surface area contributed by atoms with Crippen LogP contribution in [0.5, 0.6) is 0 Å². The summed E-state index contributed by atoms with van der Waals surface area (Å²) in [5, 5.41) is 5.46. The van der Waals surface area contributed by atoms with Gasteiger partial charge in [0.05, 0.1) is 5.92 Å². The zero-order chi connectivity index (χ0) is 9.68. The van der Waals surface area contributed by atoms with Crippen molar-refractivity contribution in [3.63, 3.8) is 0 Å². The number of nitrogens with one attached hydrogen (secondary N) is 2. The summed E-state index contributed by atoms with van der Waals surface area (Å²) in [6.45, 7) is 3.30. The van der Waals surface area contributed by atoms with Crippen LogP contribution in [0.15, 0.2) is 0 Å². The van der Waals surface area contributed by atoms with Crippen LogP contribution in [0.25, 0.3) is 0 Å². The third-order valence-electron chi connectivity index (χ3n) is 2.18. The molecular weight excluding hydrogens is 168 g/mol. The van der Waals surface area contributed by atoms with E-state index in [0.29, 0.717) is 13.0 Å². The first-order valence-corrected chi connectivity index (χ1v) is 4.78. The number of amides is 2. The van der Waals surface area contributed by atoms with Crippen LogP contribution in [0.2, 0.25) is 0 Å². The lowest BCUT2D eigenvalue weighted by molar-refractivity contribution is -0.126. The molecule has 1 aliphatic heterocycles. The van der Waals surface area contributed by atoms with Gasteiger partial charge in [0.15, 0.2) is 0 Å². The molecule has 1 fully saturated rings. The first-order valence-electron chi connectivity index (χ1n) is 4.78. The van der Waals surface area contributed by atoms with Crippen LogP contribution < -0.4 is 10.6 Å². The fourth-order valence-corrected chi connectivity index (χ4v) is 1.32. The lowest BCUT2D eigenvalue weighted by atomic mass is 10.1. The SMILES string of the molecule is CCCCNC(=O)C1CNC(=O)C1. The fraction of sp³-hybridized carbons (Fsp3) is 0.778. The predicted molar refractivity (Wildman–Crippen MR) is 49.0 cm³/mol. The van der Waals surface area contributed by atoms with Crippen LogP contribution in [0, 0.1) is 5.92 Å². The van der Waals surface area contributed by atoms with Gasteiger partial charge in [0.25, 0.3) is 0 Å². The van der Waals surface area contributed by atoms with Crippen molar-refractivity contribution in [3.05, 3.63) is 0 Å². The van der Waals surface area contributed by atoms with Crippen molar-refractivity contribution in [1.82, 2.24) is 10.6 Å². The maximum absolute atomic E-state index is 11.4. The molecule has 0 radical (unpaired) electrons. The van der Waals surface area contributed by atoms with Crippen LogP contribution in [-0.2, 0) is 9.59 Å². The first kappa shape index (κ1) is 10.0. The van der Waals surface area contributed by atoms with Gasteiger partial charge >= 0.3 is 0 Å². The minimum Gasteiger partial charge on any atom is -0.356 e. The van der Waals surface area contributed by atoms with E-state index < -0.39 is 0 Å². The maximum Gasteiger partial charge on any atom is 0.225 e. The summed E-state index contributed by atoms with van der Waals surface area (Å²) in [6.07, 6.45) is 2.42. The Kier molecular flexibility index (Phi) is 3.73. The van der Waals surface area contributed by atoms with Gasteiger partial charge in [-0.05, 0) is 6.42 Å². The third kappa shape index (κ3) is 3.05. The number of carbonyl (C=O) groups excluding carboxylic acids is 2. The molecule has 1 aliphatic rings. The standard InChI is InChI=1S/C9H16N2O2/c1-2-3-4-10-9(13)7-5-8(12)11-6-7/h7H,2-6H2,1H3,(H,10,13)(H,11,12). The zero-order valence-corrected chi connectivity index (χ0v) is 7.93. The Hall–Kier alpha value is -1.06. The molecule has 74 valence electrons. The Bertz CT molecular complexity index is 204. The third-order valence-corrected chi connectivity index (χ3v) is 2.18. The second kappa shape index (κ2) is 4.84. The predicted octanol–water partition coefficient (Wildman–Crippen LogP) is 0.0388. The summed E-state index contributed by atoms with van der Waals surface area (Å²) in [5.41, 5.74) is 0. The molecule has 1 heterocycles. The Morgan fingerprint density at radius 1 is 1.69 bits per heavy atom. The molecule has 0 aromatic rings. The normalized spacial score (nSPS) is 21.3. The monoisotopic (exact) mass is 184 g/mol. The van der Waals surface area contributed by atoms with E-state index in [9.17, 15) is 9.59 Å². The van der Waals surface area contributed by atoms with Gasteiger partial charge in [-0.25, -0.2) is 0 Å². The van der Waals surface area contributed by atoms with Gasteiger partial charge in [0.1, 0.15) is 0 Å². The lowest BCUT2D eigenvalue weighted by Gasteiger charge is -2.07. The quantitative estimate of drug-likeness (QED) is 0.606. The van der Waals surface area contributed by atoms with Crippen LogP contribution in [-0.4, -0.2) is 24.9 Å². The maximum atomic E-state index is 11.4. The van der Waals surface area contributed by atoms with Gasteiger partial charge in [-0.3, -0.25) is 9.59 Å². The number of hydrogen-bond acceptors (Lipinski definition) is 2. The van der Waals surface area contributed by atoms with Crippen LogP contribution in [0.3, 0.4) is 0 Å². The van der Waals surface area contributed by atoms with Gasteiger partial charge in [0.2, 0.25) is 11.8 Å². The van der Waals surface area contributed by atoms with E-state index in [4.69, 9.17) is 0 Å². The van der Waals surface area contributed by atoms with E-state index in [1.807, 2.05) is 0 Å². The fourth-order valence-electron chi connectivity index (χ4n) is 1.32. The van der Waals surface area contributed by atoms with E-state index in [-0.39, 0.29) is 17.7 Å². The largest absolute Gasteiger partial charge is 0.356 e. The molecule has 0 aromatic heterocycles. The van der Waals surface area contributed by atoms with Crippen molar-refractivity contribution in [2.45, 2.75) is 26.2 Å². The molecule has 13 heavy (non-hydrogen) atoms. The zero-order valence-electron chi connectivity index (χ0n) is 7.93. The highest BCUT2D eigenvalue weighted by atomic mass is 16.2. The summed E-state index contributed by atoms with van der Waals surface area (Å²) in [5.74, 6) is -0.160. The topological polar surface area (TPSA) is 58.2 Å². The molecule has 1 atom stereocenters. The second-order valence-corrected chi connectivity index (χ2v) is 3.35.